The molecular formula is C15H22N4O5S. The summed E-state index contributed by atoms with van der Waals surface area (Å²) in [5.41, 5.74) is -0.298. The van der Waals surface area contributed by atoms with Crippen LogP contribution in [0, 0.1) is 5.92 Å². The Kier molecular flexibility index (Phi) is 5.79. The number of piperidine rings is 1. The van der Waals surface area contributed by atoms with Gasteiger partial charge < -0.3 is 14.7 Å². The van der Waals surface area contributed by atoms with E-state index in [0.29, 0.717) is 44.2 Å². The third kappa shape index (κ3) is 4.43. The number of carboxylic acids is 1. The van der Waals surface area contributed by atoms with Gasteiger partial charge in [0.2, 0.25) is 5.91 Å². The molecule has 2 aliphatic rings. The summed E-state index contributed by atoms with van der Waals surface area (Å²) in [6, 6.07) is 0. The van der Waals surface area contributed by atoms with Gasteiger partial charge in [-0.15, -0.1) is 5.10 Å². The molecule has 0 bridgehead atoms. The van der Waals surface area contributed by atoms with E-state index in [-0.39, 0.29) is 29.4 Å². The van der Waals surface area contributed by atoms with Gasteiger partial charge in [-0.25, -0.2) is 9.89 Å². The second-order valence-electron chi connectivity index (χ2n) is 6.34. The Morgan fingerprint density at radius 2 is 2.08 bits per heavy atom. The van der Waals surface area contributed by atoms with Crippen LogP contribution in [0.15, 0.2) is 9.95 Å². The third-order valence-electron chi connectivity index (χ3n) is 4.66. The summed E-state index contributed by atoms with van der Waals surface area (Å²) in [7, 11) is 0. The van der Waals surface area contributed by atoms with Gasteiger partial charge in [0.05, 0.1) is 24.3 Å². The van der Waals surface area contributed by atoms with Crippen molar-refractivity contribution in [3.05, 3.63) is 10.5 Å². The average Bonchev–Trinajstić information content (AvgIpc) is 3.24. The number of H-pyrrole nitrogens is 1. The van der Waals surface area contributed by atoms with Crippen LogP contribution >= 0.6 is 11.8 Å². The van der Waals surface area contributed by atoms with Crippen molar-refractivity contribution in [2.45, 2.75) is 43.5 Å². The predicted octanol–water partition coefficient (Wildman–Crippen LogP) is 0.166. The molecule has 1 atom stereocenters. The van der Waals surface area contributed by atoms with Crippen molar-refractivity contribution in [2.75, 3.05) is 25.4 Å². The van der Waals surface area contributed by atoms with Gasteiger partial charge in [0, 0.05) is 19.7 Å². The minimum atomic E-state index is -0.795. The van der Waals surface area contributed by atoms with Gasteiger partial charge >= 0.3 is 11.7 Å². The Bertz CT molecular complexity index is 674. The molecule has 0 radical (unpaired) electrons. The van der Waals surface area contributed by atoms with Crippen molar-refractivity contribution in [1.82, 2.24) is 19.7 Å². The molecule has 138 valence electrons. The van der Waals surface area contributed by atoms with Crippen LogP contribution in [0.2, 0.25) is 0 Å². The third-order valence-corrected chi connectivity index (χ3v) is 5.62. The fourth-order valence-corrected chi connectivity index (χ4v) is 4.02. The lowest BCUT2D eigenvalue weighted by Gasteiger charge is -2.30. The first kappa shape index (κ1) is 18.0. The highest BCUT2D eigenvalue weighted by atomic mass is 32.2. The lowest BCUT2D eigenvalue weighted by atomic mass is 9.97. The first-order valence-electron chi connectivity index (χ1n) is 8.45. The zero-order valence-electron chi connectivity index (χ0n) is 13.8. The van der Waals surface area contributed by atoms with E-state index < -0.39 is 5.97 Å². The maximum Gasteiger partial charge on any atom is 0.344 e. The second-order valence-corrected chi connectivity index (χ2v) is 7.28. The molecule has 1 amide bonds. The number of carboxylic acid groups (broad SMARTS) is 1. The van der Waals surface area contributed by atoms with Crippen molar-refractivity contribution in [3.8, 4) is 0 Å². The van der Waals surface area contributed by atoms with E-state index in [4.69, 9.17) is 9.84 Å². The molecule has 10 heteroatoms. The normalized spacial score (nSPS) is 21.6. The first-order chi connectivity index (χ1) is 12.0. The summed E-state index contributed by atoms with van der Waals surface area (Å²) in [6.07, 6.45) is 2.89. The first-order valence-corrected chi connectivity index (χ1v) is 9.43. The van der Waals surface area contributed by atoms with Crippen LogP contribution in [0.4, 0.5) is 0 Å². The molecule has 25 heavy (non-hydrogen) atoms. The number of nitrogens with one attached hydrogen (secondary N) is 1. The minimum absolute atomic E-state index is 0.0143. The van der Waals surface area contributed by atoms with Crippen LogP contribution in [-0.2, 0) is 20.9 Å². The van der Waals surface area contributed by atoms with Crippen LogP contribution in [-0.4, -0.2) is 68.2 Å². The molecule has 3 rings (SSSR count). The van der Waals surface area contributed by atoms with Crippen molar-refractivity contribution in [2.24, 2.45) is 5.92 Å². The maximum atomic E-state index is 12.3. The van der Waals surface area contributed by atoms with E-state index in [1.807, 2.05) is 0 Å². The zero-order valence-corrected chi connectivity index (χ0v) is 14.7. The van der Waals surface area contributed by atoms with Crippen molar-refractivity contribution in [1.29, 1.82) is 0 Å². The highest BCUT2D eigenvalue weighted by molar-refractivity contribution is 7.99. The summed E-state index contributed by atoms with van der Waals surface area (Å²) < 4.78 is 7.07. The van der Waals surface area contributed by atoms with Gasteiger partial charge in [0.15, 0.2) is 5.16 Å². The Labute approximate surface area is 148 Å². The van der Waals surface area contributed by atoms with Gasteiger partial charge in [0.1, 0.15) is 0 Å². The molecule has 1 unspecified atom stereocenters. The highest BCUT2D eigenvalue weighted by Gasteiger charge is 2.27. The molecule has 2 fully saturated rings. The number of ether oxygens (including phenoxy) is 1. The minimum Gasteiger partial charge on any atom is -0.481 e. The monoisotopic (exact) mass is 370 g/mol. The number of hydrogen-bond acceptors (Lipinski definition) is 6. The largest absolute Gasteiger partial charge is 0.481 e. The summed E-state index contributed by atoms with van der Waals surface area (Å²) >= 11 is 1.22. The Balaban J connectivity index is 1.52. The number of carbonyl (C=O) groups excluding carboxylic acids is 1. The number of likely N-dealkylation sites (tertiary alicyclic amines) is 1. The van der Waals surface area contributed by atoms with E-state index in [2.05, 4.69) is 10.2 Å². The maximum absolute atomic E-state index is 12.3. The molecule has 3 heterocycles. The number of aliphatic carboxylic acids is 1. The number of amides is 1. The second kappa shape index (κ2) is 8.05. The molecule has 0 saturated carbocycles. The smallest absolute Gasteiger partial charge is 0.344 e. The number of nitrogens with zero attached hydrogens (tertiary/aromatic N) is 3. The number of carbonyl (C=O) groups is 2. The van der Waals surface area contributed by atoms with E-state index in [1.54, 1.807) is 4.90 Å². The van der Waals surface area contributed by atoms with Gasteiger partial charge in [-0.1, -0.05) is 11.8 Å². The van der Waals surface area contributed by atoms with E-state index in [1.165, 1.54) is 16.3 Å². The molecule has 1 aromatic heterocycles. The van der Waals surface area contributed by atoms with Crippen LogP contribution in [0.25, 0.3) is 0 Å². The molecule has 1 aromatic rings. The highest BCUT2D eigenvalue weighted by Crippen LogP contribution is 2.21. The van der Waals surface area contributed by atoms with Crippen LogP contribution in [0.3, 0.4) is 0 Å². The fraction of sp³-hybridized carbons (Fsp3) is 0.733. The topological polar surface area (TPSA) is 118 Å². The van der Waals surface area contributed by atoms with Crippen molar-refractivity contribution >= 4 is 23.6 Å². The Hall–Kier alpha value is -1.81. The average molecular weight is 370 g/mol. The van der Waals surface area contributed by atoms with E-state index in [0.717, 1.165) is 12.8 Å². The van der Waals surface area contributed by atoms with Gasteiger partial charge in [-0.2, -0.15) is 0 Å². The molecule has 9 nitrogen and oxygen atoms in total. The summed E-state index contributed by atoms with van der Waals surface area (Å²) in [4.78, 5) is 36.9. The summed E-state index contributed by atoms with van der Waals surface area (Å²) in [5, 5.41) is 15.9. The van der Waals surface area contributed by atoms with Crippen LogP contribution in [0.5, 0.6) is 0 Å². The predicted molar refractivity (Wildman–Crippen MR) is 89.5 cm³/mol. The van der Waals surface area contributed by atoms with E-state index in [9.17, 15) is 14.4 Å². The van der Waals surface area contributed by atoms with Gasteiger partial charge in [-0.3, -0.25) is 14.2 Å². The van der Waals surface area contributed by atoms with Crippen LogP contribution < -0.4 is 5.69 Å². The molecule has 2 N–H and O–H groups in total. The number of aromatic amines is 1. The Morgan fingerprint density at radius 3 is 2.72 bits per heavy atom. The number of hydrogen-bond donors (Lipinski definition) is 2. The number of thioether (sulfide) groups is 1. The lowest BCUT2D eigenvalue weighted by Crippen LogP contribution is -2.41. The molecule has 0 aromatic carbocycles. The zero-order chi connectivity index (χ0) is 17.8. The molecule has 2 saturated heterocycles. The molecule has 0 spiro atoms. The standard InChI is InChI=1S/C15H22N4O5S/c20-12(18-5-3-10(4-6-18)13(21)22)9-25-15-17-16-14(23)19(15)8-11-2-1-7-24-11/h10-11H,1-9H2,(H,16,23)(H,21,22). The number of aromatic nitrogens is 3. The Morgan fingerprint density at radius 1 is 1.32 bits per heavy atom. The van der Waals surface area contributed by atoms with Gasteiger partial charge in [0.25, 0.3) is 0 Å². The SMILES string of the molecule is O=C(O)C1CCN(C(=O)CSc2n[nH]c(=O)n2CC2CCCO2)CC1. The molecule has 2 aliphatic heterocycles. The van der Waals surface area contributed by atoms with Crippen molar-refractivity contribution < 1.29 is 19.4 Å². The fourth-order valence-electron chi connectivity index (χ4n) is 3.16. The lowest BCUT2D eigenvalue weighted by molar-refractivity contribution is -0.145. The molecule has 0 aliphatic carbocycles. The van der Waals surface area contributed by atoms with E-state index >= 15 is 0 Å². The molecular weight excluding hydrogens is 348 g/mol. The summed E-state index contributed by atoms with van der Waals surface area (Å²) in [6.45, 7) is 2.07. The number of rotatable bonds is 6. The van der Waals surface area contributed by atoms with Crippen LogP contribution in [0.1, 0.15) is 25.7 Å². The summed E-state index contributed by atoms with van der Waals surface area (Å²) in [5.74, 6) is -1.04. The van der Waals surface area contributed by atoms with Crippen molar-refractivity contribution in [3.63, 3.8) is 0 Å². The van der Waals surface area contributed by atoms with Gasteiger partial charge in [-0.05, 0) is 25.7 Å². The quantitative estimate of drug-likeness (QED) is 0.685.